The van der Waals surface area contributed by atoms with Crippen LogP contribution >= 0.6 is 15.9 Å². The molecule has 0 saturated carbocycles. The molecule has 1 spiro atoms. The molecule has 42 heavy (non-hydrogen) atoms. The van der Waals surface area contributed by atoms with E-state index >= 15 is 0 Å². The number of rotatable bonds is 5. The molecule has 208 valence electrons. The minimum absolute atomic E-state index is 0.227. The molecule has 1 amide bonds. The van der Waals surface area contributed by atoms with Gasteiger partial charge in [0, 0.05) is 32.5 Å². The van der Waals surface area contributed by atoms with E-state index in [0.717, 1.165) is 26.9 Å². The van der Waals surface area contributed by atoms with Crippen LogP contribution in [0, 0.1) is 5.92 Å². The third-order valence-electron chi connectivity index (χ3n) is 8.94. The lowest BCUT2D eigenvalue weighted by atomic mass is 9.64. The van der Waals surface area contributed by atoms with Crippen LogP contribution in [0.15, 0.2) is 108 Å². The number of para-hydroxylation sites is 2. The topological polar surface area (TPSA) is 75.7 Å². The molecule has 4 aromatic rings. The first kappa shape index (κ1) is 26.4. The number of methoxy groups -OCH3 is 1. The van der Waals surface area contributed by atoms with Crippen LogP contribution in [0.5, 0.6) is 5.75 Å². The van der Waals surface area contributed by atoms with Crippen LogP contribution < -0.4 is 15.0 Å². The van der Waals surface area contributed by atoms with Crippen molar-refractivity contribution in [2.75, 3.05) is 17.3 Å². The van der Waals surface area contributed by atoms with Crippen LogP contribution in [0.25, 0.3) is 5.57 Å². The average Bonchev–Trinajstić information content (AvgIpc) is 3.49. The number of carbonyl (C=O) groups excluding carboxylic acids is 3. The minimum Gasteiger partial charge on any atom is -0.497 e. The van der Waals surface area contributed by atoms with Crippen LogP contribution in [0.2, 0.25) is 0 Å². The molecule has 0 bridgehead atoms. The van der Waals surface area contributed by atoms with Gasteiger partial charge in [-0.15, -0.1) is 0 Å². The van der Waals surface area contributed by atoms with Crippen LogP contribution in [0.3, 0.4) is 0 Å². The number of Topliss-reactive ketones (excluding diaryl/α,β-unsaturated/α-hetero) is 2. The van der Waals surface area contributed by atoms with Gasteiger partial charge >= 0.3 is 0 Å². The number of nitrogens with one attached hydrogen (secondary N) is 1. The summed E-state index contributed by atoms with van der Waals surface area (Å²) in [5.74, 6) is -1.14. The van der Waals surface area contributed by atoms with Gasteiger partial charge in [-0.2, -0.15) is 0 Å². The van der Waals surface area contributed by atoms with Crippen LogP contribution in [0.4, 0.5) is 11.4 Å². The molecule has 0 aromatic heterocycles. The Morgan fingerprint density at radius 1 is 0.857 bits per heavy atom. The maximum absolute atomic E-state index is 14.8. The number of ketones is 2. The number of amides is 1. The molecule has 1 fully saturated rings. The summed E-state index contributed by atoms with van der Waals surface area (Å²) in [5, 5.41) is 3.08. The van der Waals surface area contributed by atoms with E-state index in [1.807, 2.05) is 72.5 Å². The van der Waals surface area contributed by atoms with Crippen LogP contribution in [0.1, 0.15) is 38.8 Å². The van der Waals surface area contributed by atoms with Crippen molar-refractivity contribution in [3.05, 3.63) is 130 Å². The molecule has 4 atom stereocenters. The van der Waals surface area contributed by atoms with Gasteiger partial charge in [0.1, 0.15) is 17.2 Å². The lowest BCUT2D eigenvalue weighted by molar-refractivity contribution is -0.121. The number of anilines is 2. The first-order chi connectivity index (χ1) is 20.4. The van der Waals surface area contributed by atoms with Crippen molar-refractivity contribution in [3.8, 4) is 5.75 Å². The van der Waals surface area contributed by atoms with E-state index in [-0.39, 0.29) is 17.5 Å². The highest BCUT2D eigenvalue weighted by Gasteiger charge is 2.70. The Balaban J connectivity index is 1.53. The Labute approximate surface area is 252 Å². The zero-order valence-electron chi connectivity index (χ0n) is 23.0. The summed E-state index contributed by atoms with van der Waals surface area (Å²) in [5.41, 5.74) is 3.74. The number of allylic oxidation sites excluding steroid dienone is 1. The molecule has 7 heteroatoms. The fraction of sp³-hybridized carbons (Fsp3) is 0.171. The normalized spacial score (nSPS) is 23.5. The summed E-state index contributed by atoms with van der Waals surface area (Å²) in [6.07, 6.45) is 2.06. The van der Waals surface area contributed by atoms with Gasteiger partial charge < -0.3 is 15.0 Å². The molecule has 3 aliphatic rings. The summed E-state index contributed by atoms with van der Waals surface area (Å²) in [4.78, 5) is 46.1. The Morgan fingerprint density at radius 3 is 2.24 bits per heavy atom. The third-order valence-corrected chi connectivity index (χ3v) is 9.47. The van der Waals surface area contributed by atoms with E-state index in [1.165, 1.54) is 0 Å². The molecular weight excluding hydrogens is 592 g/mol. The van der Waals surface area contributed by atoms with Crippen molar-refractivity contribution in [3.63, 3.8) is 0 Å². The SMILES string of the molecule is COc1ccc(C(=O)[C@H]2[C@H](C(=O)c3ccc(Br)cc3)[C@@]3(C(=O)Nc4ccccc43)[C@@H]3C=C(C)c4ccccc4N32)cc1. The number of nitrogens with zero attached hydrogens (tertiary/aromatic N) is 1. The Kier molecular flexibility index (Phi) is 6.17. The Morgan fingerprint density at radius 2 is 1.50 bits per heavy atom. The van der Waals surface area contributed by atoms with E-state index in [2.05, 4.69) is 27.3 Å². The third kappa shape index (κ3) is 3.66. The number of ether oxygens (including phenoxy) is 1. The van der Waals surface area contributed by atoms with E-state index in [0.29, 0.717) is 22.6 Å². The fourth-order valence-electron chi connectivity index (χ4n) is 7.11. The number of hydrogen-bond acceptors (Lipinski definition) is 5. The summed E-state index contributed by atoms with van der Waals surface area (Å²) in [6.45, 7) is 2.02. The minimum atomic E-state index is -1.34. The zero-order chi connectivity index (χ0) is 29.2. The molecular formula is C35H27BrN2O4. The van der Waals surface area contributed by atoms with E-state index in [1.54, 1.807) is 43.5 Å². The second-order valence-corrected chi connectivity index (χ2v) is 11.9. The second-order valence-electron chi connectivity index (χ2n) is 11.0. The van der Waals surface area contributed by atoms with Crippen molar-refractivity contribution in [2.24, 2.45) is 5.92 Å². The number of halogens is 1. The molecule has 7 rings (SSSR count). The van der Waals surface area contributed by atoms with E-state index in [9.17, 15) is 14.4 Å². The molecule has 0 aliphatic carbocycles. The molecule has 1 N–H and O–H groups in total. The first-order valence-electron chi connectivity index (χ1n) is 13.8. The Bertz CT molecular complexity index is 1800. The maximum atomic E-state index is 14.8. The number of carbonyl (C=O) groups is 3. The summed E-state index contributed by atoms with van der Waals surface area (Å²) < 4.78 is 6.17. The number of benzene rings is 4. The first-order valence-corrected chi connectivity index (χ1v) is 14.6. The van der Waals surface area contributed by atoms with E-state index in [4.69, 9.17) is 4.74 Å². The lowest BCUT2D eigenvalue weighted by Gasteiger charge is -2.39. The van der Waals surface area contributed by atoms with Gasteiger partial charge in [-0.1, -0.05) is 70.5 Å². The number of hydrogen-bond donors (Lipinski definition) is 1. The molecule has 3 heterocycles. The van der Waals surface area contributed by atoms with Crippen molar-refractivity contribution >= 4 is 50.4 Å². The monoisotopic (exact) mass is 618 g/mol. The predicted octanol–water partition coefficient (Wildman–Crippen LogP) is 6.70. The van der Waals surface area contributed by atoms with Gasteiger partial charge in [0.2, 0.25) is 5.91 Å². The quantitative estimate of drug-likeness (QED) is 0.252. The van der Waals surface area contributed by atoms with Gasteiger partial charge in [0.15, 0.2) is 11.6 Å². The van der Waals surface area contributed by atoms with Crippen molar-refractivity contribution in [1.29, 1.82) is 0 Å². The van der Waals surface area contributed by atoms with E-state index < -0.39 is 23.4 Å². The van der Waals surface area contributed by atoms with Crippen molar-refractivity contribution in [1.82, 2.24) is 0 Å². The molecule has 6 nitrogen and oxygen atoms in total. The van der Waals surface area contributed by atoms with Gasteiger partial charge in [-0.3, -0.25) is 14.4 Å². The fourth-order valence-corrected chi connectivity index (χ4v) is 7.37. The summed E-state index contributed by atoms with van der Waals surface area (Å²) in [7, 11) is 1.57. The maximum Gasteiger partial charge on any atom is 0.238 e. The van der Waals surface area contributed by atoms with Gasteiger partial charge in [-0.05, 0) is 66.6 Å². The second kappa shape index (κ2) is 9.81. The highest BCUT2D eigenvalue weighted by molar-refractivity contribution is 9.10. The molecule has 0 unspecified atom stereocenters. The van der Waals surface area contributed by atoms with Gasteiger partial charge in [-0.25, -0.2) is 0 Å². The van der Waals surface area contributed by atoms with Crippen molar-refractivity contribution < 1.29 is 19.1 Å². The molecule has 0 radical (unpaired) electrons. The smallest absolute Gasteiger partial charge is 0.238 e. The van der Waals surface area contributed by atoms with Crippen molar-refractivity contribution in [2.45, 2.75) is 24.4 Å². The van der Waals surface area contributed by atoms with Crippen LogP contribution in [-0.4, -0.2) is 36.7 Å². The van der Waals surface area contributed by atoms with Gasteiger partial charge in [0.25, 0.3) is 0 Å². The number of fused-ring (bicyclic) bond motifs is 6. The highest BCUT2D eigenvalue weighted by Crippen LogP contribution is 2.58. The Hall–Kier alpha value is -4.49. The molecule has 1 saturated heterocycles. The zero-order valence-corrected chi connectivity index (χ0v) is 24.6. The standard InChI is InChI=1S/C35H27BrN2O4/c1-20-19-29-35(26-8-4-5-9-27(26)37-34(35)41)30(32(39)21-11-15-23(36)16-12-21)31(38(29)28-10-6-3-7-25(20)28)33(40)22-13-17-24(42-2)18-14-22/h3-19,29-31H,1-2H3,(H,37,41)/t29-,30+,31+,35-/m0/s1. The molecule has 3 aliphatic heterocycles. The highest BCUT2D eigenvalue weighted by atomic mass is 79.9. The van der Waals surface area contributed by atoms with Crippen LogP contribution in [-0.2, 0) is 10.2 Å². The largest absolute Gasteiger partial charge is 0.497 e. The lowest BCUT2D eigenvalue weighted by Crippen LogP contribution is -2.51. The molecule has 4 aromatic carbocycles. The summed E-state index contributed by atoms with van der Waals surface area (Å²) >= 11 is 3.46. The summed E-state index contributed by atoms with van der Waals surface area (Å²) in [6, 6.07) is 27.9. The van der Waals surface area contributed by atoms with Gasteiger partial charge in [0.05, 0.1) is 19.1 Å². The predicted molar refractivity (Wildman–Crippen MR) is 166 cm³/mol. The average molecular weight is 620 g/mol.